The van der Waals surface area contributed by atoms with Crippen molar-refractivity contribution in [3.63, 3.8) is 0 Å². The SMILES string of the molecule is c1ccc2c(c1)CCN(CCCNC1CC1)C2. The molecule has 1 aromatic carbocycles. The third-order valence-electron chi connectivity index (χ3n) is 3.87. The number of fused-ring (bicyclic) bond motifs is 1. The van der Waals surface area contributed by atoms with E-state index in [1.807, 2.05) is 0 Å². The van der Waals surface area contributed by atoms with E-state index in [2.05, 4.69) is 34.5 Å². The molecule has 1 heterocycles. The average Bonchev–Trinajstić information content (AvgIpc) is 3.18. The van der Waals surface area contributed by atoms with Crippen LogP contribution < -0.4 is 5.32 Å². The Balaban J connectivity index is 1.43. The van der Waals surface area contributed by atoms with Crippen LogP contribution in [-0.4, -0.2) is 30.6 Å². The van der Waals surface area contributed by atoms with Gasteiger partial charge in [0.2, 0.25) is 0 Å². The van der Waals surface area contributed by atoms with Crippen molar-refractivity contribution in [2.45, 2.75) is 38.3 Å². The van der Waals surface area contributed by atoms with Gasteiger partial charge in [-0.25, -0.2) is 0 Å². The highest BCUT2D eigenvalue weighted by Crippen LogP contribution is 2.19. The average molecular weight is 230 g/mol. The second-order valence-electron chi connectivity index (χ2n) is 5.38. The molecule has 0 spiro atoms. The molecule has 2 nitrogen and oxygen atoms in total. The molecule has 17 heavy (non-hydrogen) atoms. The summed E-state index contributed by atoms with van der Waals surface area (Å²) in [7, 11) is 0. The lowest BCUT2D eigenvalue weighted by Gasteiger charge is -2.28. The summed E-state index contributed by atoms with van der Waals surface area (Å²) in [5.41, 5.74) is 3.09. The molecule has 0 saturated heterocycles. The van der Waals surface area contributed by atoms with Crippen molar-refractivity contribution in [2.24, 2.45) is 0 Å². The maximum atomic E-state index is 3.59. The highest BCUT2D eigenvalue weighted by molar-refractivity contribution is 5.28. The quantitative estimate of drug-likeness (QED) is 0.780. The van der Waals surface area contributed by atoms with Crippen molar-refractivity contribution in [1.29, 1.82) is 0 Å². The minimum Gasteiger partial charge on any atom is -0.314 e. The summed E-state index contributed by atoms with van der Waals surface area (Å²) in [6.45, 7) is 4.83. The molecule has 0 bridgehead atoms. The summed E-state index contributed by atoms with van der Waals surface area (Å²) >= 11 is 0. The summed E-state index contributed by atoms with van der Waals surface area (Å²) < 4.78 is 0. The molecule has 0 aromatic heterocycles. The predicted octanol–water partition coefficient (Wildman–Crippen LogP) is 2.19. The van der Waals surface area contributed by atoms with Crippen LogP contribution in [0.3, 0.4) is 0 Å². The van der Waals surface area contributed by atoms with E-state index in [-0.39, 0.29) is 0 Å². The summed E-state index contributed by atoms with van der Waals surface area (Å²) in [4.78, 5) is 2.59. The standard InChI is InChI=1S/C15H22N2/c1-2-5-14-12-17(11-8-13(14)4-1)10-3-9-16-15-6-7-15/h1-2,4-5,15-16H,3,6-12H2. The first-order valence-electron chi connectivity index (χ1n) is 6.94. The van der Waals surface area contributed by atoms with Crippen molar-refractivity contribution in [2.75, 3.05) is 19.6 Å². The van der Waals surface area contributed by atoms with Gasteiger partial charge in [0.1, 0.15) is 0 Å². The van der Waals surface area contributed by atoms with Crippen LogP contribution in [0.4, 0.5) is 0 Å². The van der Waals surface area contributed by atoms with Gasteiger partial charge in [-0.3, -0.25) is 4.90 Å². The van der Waals surface area contributed by atoms with Crippen LogP contribution in [-0.2, 0) is 13.0 Å². The van der Waals surface area contributed by atoms with Crippen LogP contribution >= 0.6 is 0 Å². The highest BCUT2D eigenvalue weighted by atomic mass is 15.1. The van der Waals surface area contributed by atoms with E-state index >= 15 is 0 Å². The molecule has 1 fully saturated rings. The maximum Gasteiger partial charge on any atom is 0.0236 e. The van der Waals surface area contributed by atoms with Gasteiger partial charge in [-0.05, 0) is 49.9 Å². The summed E-state index contributed by atoms with van der Waals surface area (Å²) in [5.74, 6) is 0. The molecule has 0 unspecified atom stereocenters. The third-order valence-corrected chi connectivity index (χ3v) is 3.87. The zero-order valence-electron chi connectivity index (χ0n) is 10.5. The van der Waals surface area contributed by atoms with Gasteiger partial charge in [-0.1, -0.05) is 24.3 Å². The Labute approximate surface area is 104 Å². The monoisotopic (exact) mass is 230 g/mol. The van der Waals surface area contributed by atoms with Gasteiger partial charge in [0.15, 0.2) is 0 Å². The Kier molecular flexibility index (Phi) is 3.44. The Bertz CT molecular complexity index is 371. The fraction of sp³-hybridized carbons (Fsp3) is 0.600. The fourth-order valence-electron chi connectivity index (χ4n) is 2.64. The molecular weight excluding hydrogens is 208 g/mol. The van der Waals surface area contributed by atoms with Gasteiger partial charge in [-0.15, -0.1) is 0 Å². The van der Waals surface area contributed by atoms with Crippen LogP contribution in [0.2, 0.25) is 0 Å². The smallest absolute Gasteiger partial charge is 0.0236 e. The summed E-state index contributed by atoms with van der Waals surface area (Å²) in [6.07, 6.45) is 5.32. The van der Waals surface area contributed by atoms with Gasteiger partial charge in [0, 0.05) is 19.1 Å². The maximum absolute atomic E-state index is 3.59. The molecular formula is C15H22N2. The lowest BCUT2D eigenvalue weighted by molar-refractivity contribution is 0.250. The van der Waals surface area contributed by atoms with Crippen LogP contribution in [0.15, 0.2) is 24.3 Å². The lowest BCUT2D eigenvalue weighted by Crippen LogP contribution is -2.33. The molecule has 92 valence electrons. The van der Waals surface area contributed by atoms with Gasteiger partial charge in [0.25, 0.3) is 0 Å². The third kappa shape index (κ3) is 3.08. The van der Waals surface area contributed by atoms with Crippen LogP contribution in [0.1, 0.15) is 30.4 Å². The Hall–Kier alpha value is -0.860. The van der Waals surface area contributed by atoms with Crippen molar-refractivity contribution in [3.8, 4) is 0 Å². The van der Waals surface area contributed by atoms with Crippen molar-refractivity contribution in [3.05, 3.63) is 35.4 Å². The first-order chi connectivity index (χ1) is 8.42. The van der Waals surface area contributed by atoms with E-state index < -0.39 is 0 Å². The van der Waals surface area contributed by atoms with E-state index in [1.165, 1.54) is 50.9 Å². The second kappa shape index (κ2) is 5.19. The Morgan fingerprint density at radius 2 is 2.00 bits per heavy atom. The molecule has 0 radical (unpaired) electrons. The minimum absolute atomic E-state index is 0.858. The van der Waals surface area contributed by atoms with Crippen LogP contribution in [0.5, 0.6) is 0 Å². The van der Waals surface area contributed by atoms with E-state index in [4.69, 9.17) is 0 Å². The number of hydrogen-bond donors (Lipinski definition) is 1. The minimum atomic E-state index is 0.858. The highest BCUT2D eigenvalue weighted by Gasteiger charge is 2.20. The Morgan fingerprint density at radius 3 is 2.82 bits per heavy atom. The first-order valence-corrected chi connectivity index (χ1v) is 6.94. The molecule has 1 aromatic rings. The first kappa shape index (κ1) is 11.2. The van der Waals surface area contributed by atoms with Gasteiger partial charge in [0.05, 0.1) is 0 Å². The zero-order chi connectivity index (χ0) is 11.5. The zero-order valence-corrected chi connectivity index (χ0v) is 10.5. The molecule has 0 amide bonds. The van der Waals surface area contributed by atoms with Crippen molar-refractivity contribution >= 4 is 0 Å². The summed E-state index contributed by atoms with van der Waals surface area (Å²) in [5, 5.41) is 3.59. The summed E-state index contributed by atoms with van der Waals surface area (Å²) in [6, 6.07) is 9.74. The number of nitrogens with zero attached hydrogens (tertiary/aromatic N) is 1. The molecule has 1 saturated carbocycles. The van der Waals surface area contributed by atoms with Crippen LogP contribution in [0.25, 0.3) is 0 Å². The normalized spacial score (nSPS) is 20.2. The second-order valence-corrected chi connectivity index (χ2v) is 5.38. The van der Waals surface area contributed by atoms with E-state index in [9.17, 15) is 0 Å². The molecule has 1 N–H and O–H groups in total. The lowest BCUT2D eigenvalue weighted by atomic mass is 10.00. The Morgan fingerprint density at radius 1 is 1.18 bits per heavy atom. The molecule has 1 aliphatic heterocycles. The predicted molar refractivity (Wildman–Crippen MR) is 71.1 cm³/mol. The van der Waals surface area contributed by atoms with Crippen molar-refractivity contribution in [1.82, 2.24) is 10.2 Å². The largest absolute Gasteiger partial charge is 0.314 e. The van der Waals surface area contributed by atoms with Gasteiger partial charge < -0.3 is 5.32 Å². The molecule has 0 atom stereocenters. The molecule has 2 heteroatoms. The van der Waals surface area contributed by atoms with Crippen molar-refractivity contribution < 1.29 is 0 Å². The topological polar surface area (TPSA) is 15.3 Å². The van der Waals surface area contributed by atoms with E-state index in [1.54, 1.807) is 5.56 Å². The van der Waals surface area contributed by atoms with E-state index in [0.29, 0.717) is 0 Å². The van der Waals surface area contributed by atoms with Crippen LogP contribution in [0, 0.1) is 0 Å². The molecule has 2 aliphatic rings. The van der Waals surface area contributed by atoms with E-state index in [0.717, 1.165) is 12.6 Å². The number of nitrogens with one attached hydrogen (secondary N) is 1. The van der Waals surface area contributed by atoms with Gasteiger partial charge in [-0.2, -0.15) is 0 Å². The molecule has 1 aliphatic carbocycles. The number of benzene rings is 1. The van der Waals surface area contributed by atoms with Gasteiger partial charge >= 0.3 is 0 Å². The molecule has 3 rings (SSSR count). The number of rotatable bonds is 5. The number of hydrogen-bond acceptors (Lipinski definition) is 2. The fourth-order valence-corrected chi connectivity index (χ4v) is 2.64.